The van der Waals surface area contributed by atoms with E-state index in [0.717, 1.165) is 0 Å². The molecule has 2 radical (unpaired) electrons. The molecule has 8 heteroatoms. The van der Waals surface area contributed by atoms with Crippen molar-refractivity contribution in [3.8, 4) is 5.75 Å². The van der Waals surface area contributed by atoms with Crippen molar-refractivity contribution in [2.75, 3.05) is 0 Å². The molecule has 1 aromatic rings. The van der Waals surface area contributed by atoms with Gasteiger partial charge >= 0.3 is 5.97 Å². The molecule has 0 saturated carbocycles. The number of carboxylic acids is 1. The van der Waals surface area contributed by atoms with E-state index >= 15 is 0 Å². The number of aromatic carboxylic acids is 1. The van der Waals surface area contributed by atoms with Crippen molar-refractivity contribution in [1.82, 2.24) is 0 Å². The fraction of sp³-hybridized carbons (Fsp3) is 0. The lowest BCUT2D eigenvalue weighted by atomic mass is 10.2. The van der Waals surface area contributed by atoms with Gasteiger partial charge in [0.25, 0.3) is 0 Å². The average Bonchev–Trinajstić information content (AvgIpc) is 1.88. The molecule has 0 amide bonds. The summed E-state index contributed by atoms with van der Waals surface area (Å²) in [5, 5.41) is 17.3. The smallest absolute Gasteiger partial charge is 0.339 e. The van der Waals surface area contributed by atoms with E-state index in [9.17, 15) is 4.79 Å². The normalized spacial score (nSPS) is 6.13. The van der Waals surface area contributed by atoms with Crippen LogP contribution in [-0.2, 0) is 0 Å². The number of carboxylic acid groups (broad SMARTS) is 1. The first-order valence-corrected chi connectivity index (χ1v) is 2.73. The number of hydrogen-bond acceptors (Lipinski definition) is 2. The number of para-hydroxylation sites is 1. The minimum atomic E-state index is -1.11. The Morgan fingerprint density at radius 1 is 1.00 bits per heavy atom. The first-order chi connectivity index (χ1) is 4.72. The van der Waals surface area contributed by atoms with Crippen LogP contribution in [0.4, 0.5) is 0 Å². The first kappa shape index (κ1) is 29.2. The molecular weight excluding hydrogens is 220 g/mol. The summed E-state index contributed by atoms with van der Waals surface area (Å²) < 4.78 is 0. The Bertz CT molecular complexity index is 265. The van der Waals surface area contributed by atoms with Gasteiger partial charge in [0.2, 0.25) is 0 Å². The van der Waals surface area contributed by atoms with Gasteiger partial charge in [-0.15, -0.1) is 0 Å². The van der Waals surface area contributed by atoms with Crippen molar-refractivity contribution in [2.45, 2.75) is 0 Å². The second-order valence-electron chi connectivity index (χ2n) is 1.82. The van der Waals surface area contributed by atoms with Crippen molar-refractivity contribution in [3.05, 3.63) is 29.8 Å². The minimum absolute atomic E-state index is 0. The molecule has 0 spiro atoms. The van der Waals surface area contributed by atoms with Crippen LogP contribution >= 0.6 is 0 Å². The van der Waals surface area contributed by atoms with Crippen LogP contribution < -0.4 is 0 Å². The van der Waals surface area contributed by atoms with Gasteiger partial charge in [-0.1, -0.05) is 12.1 Å². The summed E-state index contributed by atoms with van der Waals surface area (Å²) in [5.41, 5.74) is -0.0671. The van der Waals surface area contributed by atoms with Crippen molar-refractivity contribution >= 4 is 29.0 Å². The maximum atomic E-state index is 10.3. The Kier molecular flexibility index (Phi) is 25.5. The molecule has 0 heterocycles. The predicted molar refractivity (Wildman–Crippen MR) is 55.3 cm³/mol. The lowest BCUT2D eigenvalue weighted by molar-refractivity contribution is 0.0693. The molecule has 86 valence electrons. The molecule has 10 N–H and O–H groups in total. The molecule has 7 nitrogen and oxygen atoms in total. The van der Waals surface area contributed by atoms with Gasteiger partial charge in [-0.3, -0.25) is 0 Å². The Labute approximate surface area is 102 Å². The highest BCUT2D eigenvalue weighted by Crippen LogP contribution is 2.14. The van der Waals surface area contributed by atoms with Crippen LogP contribution in [0.1, 0.15) is 10.4 Å². The lowest BCUT2D eigenvalue weighted by Crippen LogP contribution is -1.95. The number of carbonyl (C=O) groups is 1. The zero-order valence-corrected chi connectivity index (χ0v) is 9.23. The van der Waals surface area contributed by atoms with Gasteiger partial charge < -0.3 is 32.1 Å². The Morgan fingerprint density at radius 2 is 1.40 bits per heavy atom. The number of benzene rings is 1. The number of phenols is 1. The predicted octanol–water partition coefficient (Wildman–Crippen LogP) is -2.59. The third-order valence-corrected chi connectivity index (χ3v) is 1.13. The zero-order chi connectivity index (χ0) is 7.56. The van der Waals surface area contributed by atoms with E-state index < -0.39 is 5.97 Å². The third-order valence-electron chi connectivity index (χ3n) is 1.13. The summed E-state index contributed by atoms with van der Waals surface area (Å²) in [5.74, 6) is -1.31. The number of hydrogen-bond donors (Lipinski definition) is 2. The minimum Gasteiger partial charge on any atom is -0.507 e. The van der Waals surface area contributed by atoms with Crippen LogP contribution in [0.15, 0.2) is 24.3 Å². The van der Waals surface area contributed by atoms with E-state index in [0.29, 0.717) is 0 Å². The van der Waals surface area contributed by atoms with E-state index in [1.807, 2.05) is 0 Å². The van der Waals surface area contributed by atoms with Crippen LogP contribution in [0.3, 0.4) is 0 Å². The molecule has 0 atom stereocenters. The molecular formula is C7H14MgO7. The third kappa shape index (κ3) is 8.12. The number of rotatable bonds is 1. The van der Waals surface area contributed by atoms with E-state index in [4.69, 9.17) is 10.2 Å². The lowest BCUT2D eigenvalue weighted by Gasteiger charge is -1.95. The fourth-order valence-electron chi connectivity index (χ4n) is 0.654. The molecule has 0 saturated heterocycles. The highest BCUT2D eigenvalue weighted by Gasteiger charge is 2.05. The van der Waals surface area contributed by atoms with Crippen molar-refractivity contribution < 1.29 is 36.9 Å². The van der Waals surface area contributed by atoms with Crippen LogP contribution in [0.2, 0.25) is 0 Å². The van der Waals surface area contributed by atoms with Crippen LogP contribution in [0.5, 0.6) is 5.75 Å². The highest BCUT2D eigenvalue weighted by molar-refractivity contribution is 5.90. The van der Waals surface area contributed by atoms with Gasteiger partial charge in [-0.25, -0.2) is 4.79 Å². The highest BCUT2D eigenvalue weighted by atomic mass is 24.3. The van der Waals surface area contributed by atoms with E-state index in [1.165, 1.54) is 12.1 Å². The van der Waals surface area contributed by atoms with Gasteiger partial charge in [0.1, 0.15) is 11.3 Å². The average molecular weight is 234 g/mol. The van der Waals surface area contributed by atoms with E-state index in [-0.39, 0.29) is 56.3 Å². The van der Waals surface area contributed by atoms with Crippen molar-refractivity contribution in [1.29, 1.82) is 0 Å². The molecule has 0 bridgehead atoms. The maximum Gasteiger partial charge on any atom is 0.339 e. The summed E-state index contributed by atoms with van der Waals surface area (Å²) in [6, 6.07) is 5.81. The molecule has 1 rings (SSSR count). The van der Waals surface area contributed by atoms with E-state index in [1.54, 1.807) is 12.1 Å². The molecule has 0 aliphatic heterocycles. The first-order valence-electron chi connectivity index (χ1n) is 2.73. The summed E-state index contributed by atoms with van der Waals surface area (Å²) in [6.45, 7) is 0. The SMILES string of the molecule is O.O.O.O.O=C(O)c1ccccc1O.[Mg]. The molecule has 1 aromatic carbocycles. The maximum absolute atomic E-state index is 10.3. The summed E-state index contributed by atoms with van der Waals surface area (Å²) in [7, 11) is 0. The van der Waals surface area contributed by atoms with Gasteiger partial charge in [0.05, 0.1) is 0 Å². The van der Waals surface area contributed by atoms with Crippen LogP contribution in [0.25, 0.3) is 0 Å². The molecule has 15 heavy (non-hydrogen) atoms. The van der Waals surface area contributed by atoms with Gasteiger partial charge in [-0.05, 0) is 12.1 Å². The standard InChI is InChI=1S/C7H6O3.Mg.4H2O/c8-6-4-2-1-3-5(6)7(9)10;;;;;/h1-4,8H,(H,9,10);;4*1H2. The summed E-state index contributed by atoms with van der Waals surface area (Å²) >= 11 is 0. The second kappa shape index (κ2) is 13.1. The monoisotopic (exact) mass is 234 g/mol. The fourth-order valence-corrected chi connectivity index (χ4v) is 0.654. The topological polar surface area (TPSA) is 184 Å². The zero-order valence-electron chi connectivity index (χ0n) is 7.82. The summed E-state index contributed by atoms with van der Waals surface area (Å²) in [4.78, 5) is 10.3. The van der Waals surface area contributed by atoms with Gasteiger partial charge in [-0.2, -0.15) is 0 Å². The van der Waals surface area contributed by atoms with E-state index in [2.05, 4.69) is 0 Å². The quantitative estimate of drug-likeness (QED) is 0.506. The van der Waals surface area contributed by atoms with Crippen molar-refractivity contribution in [3.63, 3.8) is 0 Å². The second-order valence-corrected chi connectivity index (χ2v) is 1.82. The molecule has 0 aliphatic carbocycles. The Hall–Kier alpha value is -0.904. The van der Waals surface area contributed by atoms with Crippen LogP contribution in [-0.4, -0.2) is 61.1 Å². The summed E-state index contributed by atoms with van der Waals surface area (Å²) in [6.07, 6.45) is 0. The van der Waals surface area contributed by atoms with Gasteiger partial charge in [0, 0.05) is 23.1 Å². The molecule has 0 aliphatic rings. The molecule has 0 unspecified atom stereocenters. The largest absolute Gasteiger partial charge is 0.507 e. The Balaban J connectivity index is -0.0000000667. The number of aromatic hydroxyl groups is 1. The van der Waals surface area contributed by atoms with Crippen molar-refractivity contribution in [2.24, 2.45) is 0 Å². The Morgan fingerprint density at radius 3 is 1.67 bits per heavy atom. The van der Waals surface area contributed by atoms with Crippen LogP contribution in [0, 0.1) is 0 Å². The molecule has 0 aromatic heterocycles. The molecule has 0 fully saturated rings. The van der Waals surface area contributed by atoms with Gasteiger partial charge in [0.15, 0.2) is 0 Å².